The molecule has 4 rings (SSSR count). The maximum Gasteiger partial charge on any atom is 0.354 e. The molecule has 10 heteroatoms. The van der Waals surface area contributed by atoms with Crippen LogP contribution >= 0.6 is 11.3 Å². The van der Waals surface area contributed by atoms with E-state index in [4.69, 9.17) is 4.74 Å². The number of amides is 2. The lowest BCUT2D eigenvalue weighted by Gasteiger charge is -2.15. The summed E-state index contributed by atoms with van der Waals surface area (Å²) in [6.45, 7) is 0.415. The summed E-state index contributed by atoms with van der Waals surface area (Å²) in [5, 5.41) is 8.92. The van der Waals surface area contributed by atoms with Crippen molar-refractivity contribution in [2.45, 2.75) is 19.5 Å². The highest BCUT2D eigenvalue weighted by Crippen LogP contribution is 2.24. The fourth-order valence-corrected chi connectivity index (χ4v) is 3.82. The lowest BCUT2D eigenvalue weighted by atomic mass is 10.3. The van der Waals surface area contributed by atoms with Crippen molar-refractivity contribution in [1.82, 2.24) is 19.7 Å². The fourth-order valence-electron chi connectivity index (χ4n) is 3.12. The van der Waals surface area contributed by atoms with E-state index in [1.807, 2.05) is 17.5 Å². The van der Waals surface area contributed by atoms with Crippen molar-refractivity contribution in [3.8, 4) is 5.75 Å². The fraction of sp³-hybridized carbons (Fsp3) is 0.263. The zero-order chi connectivity index (χ0) is 20.4. The second-order valence-corrected chi connectivity index (χ2v) is 7.47. The van der Waals surface area contributed by atoms with Gasteiger partial charge in [-0.05, 0) is 42.1 Å². The number of nitrogens with zero attached hydrogens (tertiary/aromatic N) is 4. The van der Waals surface area contributed by atoms with Crippen molar-refractivity contribution in [2.75, 3.05) is 18.6 Å². The van der Waals surface area contributed by atoms with E-state index < -0.39 is 11.7 Å². The van der Waals surface area contributed by atoms with Crippen LogP contribution in [0.2, 0.25) is 0 Å². The molecule has 0 atom stereocenters. The maximum absolute atomic E-state index is 12.7. The molecule has 9 nitrogen and oxygen atoms in total. The molecule has 1 N–H and O–H groups in total. The van der Waals surface area contributed by atoms with Crippen molar-refractivity contribution in [2.24, 2.45) is 0 Å². The summed E-state index contributed by atoms with van der Waals surface area (Å²) in [5.41, 5.74) is 0.0213. The first-order valence-electron chi connectivity index (χ1n) is 9.00. The molecular formula is C19H19N5O4S. The Kier molecular flexibility index (Phi) is 5.17. The quantitative estimate of drug-likeness (QED) is 0.632. The van der Waals surface area contributed by atoms with Gasteiger partial charge in [0, 0.05) is 17.1 Å². The van der Waals surface area contributed by atoms with Gasteiger partial charge < -0.3 is 10.1 Å². The number of carbonyl (C=O) groups is 2. The van der Waals surface area contributed by atoms with Crippen LogP contribution in [-0.2, 0) is 24.3 Å². The van der Waals surface area contributed by atoms with Gasteiger partial charge >= 0.3 is 11.7 Å². The van der Waals surface area contributed by atoms with Gasteiger partial charge in [-0.25, -0.2) is 14.3 Å². The second kappa shape index (κ2) is 7.92. The lowest BCUT2D eigenvalue weighted by molar-refractivity contribution is -0.121. The molecule has 3 heterocycles. The van der Waals surface area contributed by atoms with Crippen molar-refractivity contribution < 1.29 is 14.3 Å². The van der Waals surface area contributed by atoms with Crippen LogP contribution in [0.1, 0.15) is 10.7 Å². The molecule has 0 fully saturated rings. The molecule has 0 bridgehead atoms. The largest absolute Gasteiger partial charge is 0.497 e. The van der Waals surface area contributed by atoms with Crippen LogP contribution in [0.3, 0.4) is 0 Å². The van der Waals surface area contributed by atoms with Gasteiger partial charge in [-0.3, -0.25) is 9.69 Å². The molecule has 0 radical (unpaired) electrons. The Labute approximate surface area is 170 Å². The first-order valence-corrected chi connectivity index (χ1v) is 9.88. The number of carbonyl (C=O) groups excluding carboxylic acids is 2. The molecule has 2 aromatic heterocycles. The minimum absolute atomic E-state index is 0.160. The lowest BCUT2D eigenvalue weighted by Crippen LogP contribution is -2.38. The topological polar surface area (TPSA) is 98.5 Å². The Morgan fingerprint density at radius 2 is 2.03 bits per heavy atom. The van der Waals surface area contributed by atoms with Crippen molar-refractivity contribution >= 4 is 29.0 Å². The predicted molar refractivity (Wildman–Crippen MR) is 107 cm³/mol. The highest BCUT2D eigenvalue weighted by Gasteiger charge is 2.33. The number of thiophene rings is 1. The maximum atomic E-state index is 12.7. The first kappa shape index (κ1) is 18.9. The average Bonchev–Trinajstić information content (AvgIpc) is 3.42. The molecule has 0 saturated heterocycles. The van der Waals surface area contributed by atoms with Crippen LogP contribution < -0.4 is 20.6 Å². The smallest absolute Gasteiger partial charge is 0.354 e. The van der Waals surface area contributed by atoms with Crippen molar-refractivity contribution in [1.29, 1.82) is 0 Å². The normalized spacial score (nSPS) is 12.9. The Morgan fingerprint density at radius 1 is 1.24 bits per heavy atom. The number of nitrogens with one attached hydrogen (secondary N) is 1. The monoisotopic (exact) mass is 413 g/mol. The third-order valence-electron chi connectivity index (χ3n) is 4.58. The number of methoxy groups -OCH3 is 1. The number of hydrogen-bond acceptors (Lipinski definition) is 6. The Morgan fingerprint density at radius 3 is 2.69 bits per heavy atom. The summed E-state index contributed by atoms with van der Waals surface area (Å²) < 4.78 is 7.14. The van der Waals surface area contributed by atoms with E-state index in [0.717, 1.165) is 15.7 Å². The Hall–Kier alpha value is -3.40. The zero-order valence-corrected chi connectivity index (χ0v) is 16.5. The van der Waals surface area contributed by atoms with E-state index >= 15 is 0 Å². The van der Waals surface area contributed by atoms with Gasteiger partial charge in [0.1, 0.15) is 12.3 Å². The minimum atomic E-state index is -0.616. The van der Waals surface area contributed by atoms with E-state index in [1.54, 1.807) is 42.7 Å². The van der Waals surface area contributed by atoms with E-state index in [2.05, 4.69) is 10.4 Å². The zero-order valence-electron chi connectivity index (χ0n) is 15.7. The van der Waals surface area contributed by atoms with Gasteiger partial charge in [-0.1, -0.05) is 6.07 Å². The van der Waals surface area contributed by atoms with Crippen molar-refractivity contribution in [3.63, 3.8) is 0 Å². The third-order valence-corrected chi connectivity index (χ3v) is 5.52. The van der Waals surface area contributed by atoms with Crippen LogP contribution in [0.5, 0.6) is 5.75 Å². The minimum Gasteiger partial charge on any atom is -0.497 e. The second-order valence-electron chi connectivity index (χ2n) is 6.44. The first-order chi connectivity index (χ1) is 14.1. The Balaban J connectivity index is 1.40. The summed E-state index contributed by atoms with van der Waals surface area (Å²) in [6.07, 6.45) is 0.729. The summed E-state index contributed by atoms with van der Waals surface area (Å²) in [4.78, 5) is 40.0. The van der Waals surface area contributed by atoms with Crippen LogP contribution in [0, 0.1) is 0 Å². The van der Waals surface area contributed by atoms with E-state index in [-0.39, 0.29) is 19.0 Å². The molecule has 1 aromatic carbocycles. The number of benzene rings is 1. The third kappa shape index (κ3) is 3.79. The number of fused-ring (bicyclic) bond motifs is 1. The molecule has 1 aliphatic heterocycles. The summed E-state index contributed by atoms with van der Waals surface area (Å²) >= 11 is 1.63. The number of rotatable bonds is 7. The Bertz CT molecular complexity index is 1090. The van der Waals surface area contributed by atoms with Gasteiger partial charge in [0.05, 0.1) is 13.7 Å². The van der Waals surface area contributed by atoms with Crippen molar-refractivity contribution in [3.05, 3.63) is 63.0 Å². The summed E-state index contributed by atoms with van der Waals surface area (Å²) in [5.74, 6) is 0.660. The number of aromatic nitrogens is 3. The van der Waals surface area contributed by atoms with Gasteiger partial charge in [0.2, 0.25) is 5.91 Å². The van der Waals surface area contributed by atoms with Crippen LogP contribution in [-0.4, -0.2) is 39.9 Å². The highest BCUT2D eigenvalue weighted by atomic mass is 32.1. The van der Waals surface area contributed by atoms with Gasteiger partial charge in [0.15, 0.2) is 5.82 Å². The SMILES string of the molecule is COc1ccc(N2Cc3nn(CC(=O)NCCc4cccs4)c(=O)n3C2=O)cc1. The standard InChI is InChI=1S/C19H19N5O4S/c1-28-14-6-4-13(5-7-14)22-11-16-21-23(19(27)24(16)18(22)26)12-17(25)20-9-8-15-3-2-10-29-15/h2-7,10H,8-9,11-12H2,1H3,(H,20,25). The van der Waals surface area contributed by atoms with Crippen LogP contribution in [0.25, 0.3) is 0 Å². The molecule has 150 valence electrons. The summed E-state index contributed by atoms with van der Waals surface area (Å²) in [7, 11) is 1.56. The number of anilines is 1. The highest BCUT2D eigenvalue weighted by molar-refractivity contribution is 7.09. The van der Waals surface area contributed by atoms with Gasteiger partial charge in [0.25, 0.3) is 0 Å². The molecule has 0 saturated carbocycles. The molecule has 1 aliphatic rings. The number of ether oxygens (including phenoxy) is 1. The molecule has 2 amide bonds. The molecule has 0 aliphatic carbocycles. The van der Waals surface area contributed by atoms with Crippen LogP contribution in [0.15, 0.2) is 46.6 Å². The molecule has 29 heavy (non-hydrogen) atoms. The summed E-state index contributed by atoms with van der Waals surface area (Å²) in [6, 6.07) is 10.4. The molecule has 3 aromatic rings. The van der Waals surface area contributed by atoms with E-state index in [0.29, 0.717) is 23.8 Å². The molecular weight excluding hydrogens is 394 g/mol. The molecule has 0 spiro atoms. The molecule has 0 unspecified atom stereocenters. The average molecular weight is 413 g/mol. The van der Waals surface area contributed by atoms with E-state index in [1.165, 1.54) is 9.78 Å². The predicted octanol–water partition coefficient (Wildman–Crippen LogP) is 1.46. The van der Waals surface area contributed by atoms with E-state index in [9.17, 15) is 14.4 Å². The van der Waals surface area contributed by atoms with Gasteiger partial charge in [-0.2, -0.15) is 9.67 Å². The van der Waals surface area contributed by atoms with Crippen LogP contribution in [0.4, 0.5) is 10.5 Å². The number of hydrogen-bond donors (Lipinski definition) is 1. The van der Waals surface area contributed by atoms with Gasteiger partial charge in [-0.15, -0.1) is 11.3 Å².